The van der Waals surface area contributed by atoms with Crippen LogP contribution < -0.4 is 5.32 Å². The third kappa shape index (κ3) is 3.81. The second-order valence-corrected chi connectivity index (χ2v) is 4.09. The lowest BCUT2D eigenvalue weighted by molar-refractivity contribution is 0.121. The fraction of sp³-hybridized carbons (Fsp3) is 0.133. The molecule has 0 heterocycles. The standard InChI is InChI=1S/C15H14FNO2/c1-11(12-7-9-13(16)10-8-12)19-15(18)17-14-5-3-2-4-6-14/h2-11H,1H3,(H,17,18)/t11-/m0/s1. The number of nitrogens with one attached hydrogen (secondary N) is 1. The van der Waals surface area contributed by atoms with Crippen molar-refractivity contribution in [2.75, 3.05) is 5.32 Å². The first kappa shape index (κ1) is 13.1. The Hall–Kier alpha value is -2.36. The van der Waals surface area contributed by atoms with Crippen molar-refractivity contribution >= 4 is 11.8 Å². The summed E-state index contributed by atoms with van der Waals surface area (Å²) < 4.78 is 18.0. The van der Waals surface area contributed by atoms with Crippen molar-refractivity contribution < 1.29 is 13.9 Å². The summed E-state index contributed by atoms with van der Waals surface area (Å²) in [7, 11) is 0. The molecule has 0 aliphatic heterocycles. The normalized spacial score (nSPS) is 11.7. The van der Waals surface area contributed by atoms with Crippen molar-refractivity contribution in [3.05, 3.63) is 66.0 Å². The molecule has 0 radical (unpaired) electrons. The van der Waals surface area contributed by atoms with Crippen LogP contribution in [0.5, 0.6) is 0 Å². The molecule has 19 heavy (non-hydrogen) atoms. The number of hydrogen-bond donors (Lipinski definition) is 1. The van der Waals surface area contributed by atoms with Crippen LogP contribution >= 0.6 is 0 Å². The molecule has 2 rings (SSSR count). The minimum Gasteiger partial charge on any atom is -0.441 e. The molecule has 4 heteroatoms. The molecule has 1 N–H and O–H groups in total. The summed E-state index contributed by atoms with van der Waals surface area (Å²) >= 11 is 0. The zero-order valence-corrected chi connectivity index (χ0v) is 10.5. The Morgan fingerprint density at radius 2 is 1.74 bits per heavy atom. The zero-order valence-electron chi connectivity index (χ0n) is 10.5. The third-order valence-corrected chi connectivity index (χ3v) is 2.64. The Morgan fingerprint density at radius 3 is 2.37 bits per heavy atom. The van der Waals surface area contributed by atoms with Gasteiger partial charge < -0.3 is 4.74 Å². The fourth-order valence-corrected chi connectivity index (χ4v) is 1.63. The van der Waals surface area contributed by atoms with Gasteiger partial charge in [0.05, 0.1) is 0 Å². The van der Waals surface area contributed by atoms with Crippen LogP contribution in [0.1, 0.15) is 18.6 Å². The van der Waals surface area contributed by atoms with Gasteiger partial charge in [0.1, 0.15) is 11.9 Å². The van der Waals surface area contributed by atoms with Gasteiger partial charge in [0.2, 0.25) is 0 Å². The highest BCUT2D eigenvalue weighted by atomic mass is 19.1. The van der Waals surface area contributed by atoms with Crippen molar-refractivity contribution in [2.24, 2.45) is 0 Å². The van der Waals surface area contributed by atoms with Gasteiger partial charge in [-0.05, 0) is 36.8 Å². The molecule has 3 nitrogen and oxygen atoms in total. The smallest absolute Gasteiger partial charge is 0.412 e. The Kier molecular flexibility index (Phi) is 4.13. The monoisotopic (exact) mass is 259 g/mol. The molecule has 0 saturated carbocycles. The Bertz CT molecular complexity index is 540. The molecular formula is C15H14FNO2. The van der Waals surface area contributed by atoms with Crippen LogP contribution in [0.25, 0.3) is 0 Å². The summed E-state index contributed by atoms with van der Waals surface area (Å²) in [5.41, 5.74) is 1.41. The molecule has 0 aliphatic carbocycles. The minimum absolute atomic E-state index is 0.315. The first-order chi connectivity index (χ1) is 9.15. The average Bonchev–Trinajstić information content (AvgIpc) is 2.40. The highest BCUT2D eigenvalue weighted by Gasteiger charge is 2.11. The van der Waals surface area contributed by atoms with Crippen molar-refractivity contribution in [1.29, 1.82) is 0 Å². The molecule has 0 bridgehead atoms. The molecule has 0 saturated heterocycles. The van der Waals surface area contributed by atoms with Gasteiger partial charge in [-0.25, -0.2) is 9.18 Å². The SMILES string of the molecule is C[C@H](OC(=O)Nc1ccccc1)c1ccc(F)cc1. The van der Waals surface area contributed by atoms with E-state index >= 15 is 0 Å². The zero-order chi connectivity index (χ0) is 13.7. The number of halogens is 1. The molecule has 0 fully saturated rings. The largest absolute Gasteiger partial charge is 0.441 e. The van der Waals surface area contributed by atoms with E-state index in [-0.39, 0.29) is 5.82 Å². The van der Waals surface area contributed by atoms with Gasteiger partial charge in [-0.1, -0.05) is 30.3 Å². The molecule has 0 aromatic heterocycles. The van der Waals surface area contributed by atoms with E-state index in [1.807, 2.05) is 18.2 Å². The molecular weight excluding hydrogens is 245 g/mol. The van der Waals surface area contributed by atoms with E-state index in [0.29, 0.717) is 5.69 Å². The minimum atomic E-state index is -0.539. The lowest BCUT2D eigenvalue weighted by Gasteiger charge is -2.14. The molecule has 98 valence electrons. The van der Waals surface area contributed by atoms with E-state index in [4.69, 9.17) is 4.74 Å². The lowest BCUT2D eigenvalue weighted by atomic mass is 10.1. The van der Waals surface area contributed by atoms with Gasteiger partial charge in [0, 0.05) is 5.69 Å². The number of rotatable bonds is 3. The number of ether oxygens (including phenoxy) is 1. The molecule has 0 spiro atoms. The molecule has 2 aromatic rings. The van der Waals surface area contributed by atoms with Crippen LogP contribution in [0.3, 0.4) is 0 Å². The van der Waals surface area contributed by atoms with Crippen LogP contribution in [-0.2, 0) is 4.74 Å². The topological polar surface area (TPSA) is 38.3 Å². The van der Waals surface area contributed by atoms with E-state index in [1.54, 1.807) is 31.2 Å². The Balaban J connectivity index is 1.93. The fourth-order valence-electron chi connectivity index (χ4n) is 1.63. The van der Waals surface area contributed by atoms with Crippen molar-refractivity contribution in [1.82, 2.24) is 0 Å². The summed E-state index contributed by atoms with van der Waals surface area (Å²) in [5.74, 6) is -0.315. The molecule has 0 aliphatic rings. The average molecular weight is 259 g/mol. The number of carbonyl (C=O) groups is 1. The van der Waals surface area contributed by atoms with Crippen LogP contribution in [0.15, 0.2) is 54.6 Å². The first-order valence-corrected chi connectivity index (χ1v) is 5.93. The number of amides is 1. The maximum atomic E-state index is 12.8. The van der Waals surface area contributed by atoms with Gasteiger partial charge in [-0.2, -0.15) is 0 Å². The number of carbonyl (C=O) groups excluding carboxylic acids is 1. The first-order valence-electron chi connectivity index (χ1n) is 5.93. The van der Waals surface area contributed by atoms with Crippen molar-refractivity contribution in [3.8, 4) is 0 Å². The molecule has 1 atom stereocenters. The van der Waals surface area contributed by atoms with Crippen LogP contribution in [0, 0.1) is 5.82 Å². The van der Waals surface area contributed by atoms with E-state index in [2.05, 4.69) is 5.32 Å². The maximum Gasteiger partial charge on any atom is 0.412 e. The second-order valence-electron chi connectivity index (χ2n) is 4.09. The summed E-state index contributed by atoms with van der Waals surface area (Å²) in [6.07, 6.45) is -0.979. The maximum absolute atomic E-state index is 12.8. The number of benzene rings is 2. The quantitative estimate of drug-likeness (QED) is 0.899. The predicted octanol–water partition coefficient (Wildman–Crippen LogP) is 4.14. The third-order valence-electron chi connectivity index (χ3n) is 2.64. The van der Waals surface area contributed by atoms with E-state index in [0.717, 1.165) is 5.56 Å². The summed E-state index contributed by atoms with van der Waals surface area (Å²) in [4.78, 5) is 11.7. The van der Waals surface area contributed by atoms with Gasteiger partial charge in [-0.15, -0.1) is 0 Å². The van der Waals surface area contributed by atoms with Crippen LogP contribution in [0.4, 0.5) is 14.9 Å². The summed E-state index contributed by atoms with van der Waals surface area (Å²) in [6.45, 7) is 1.73. The second kappa shape index (κ2) is 6.00. The van der Waals surface area contributed by atoms with Gasteiger partial charge >= 0.3 is 6.09 Å². The van der Waals surface area contributed by atoms with Gasteiger partial charge in [0.15, 0.2) is 0 Å². The number of anilines is 1. The van der Waals surface area contributed by atoms with E-state index in [1.165, 1.54) is 12.1 Å². The summed E-state index contributed by atoms with van der Waals surface area (Å²) in [5, 5.41) is 2.62. The highest BCUT2D eigenvalue weighted by molar-refractivity contribution is 5.84. The summed E-state index contributed by atoms with van der Waals surface area (Å²) in [6, 6.07) is 14.9. The lowest BCUT2D eigenvalue weighted by Crippen LogP contribution is -2.15. The molecule has 1 amide bonds. The van der Waals surface area contributed by atoms with Crippen LogP contribution in [-0.4, -0.2) is 6.09 Å². The Labute approximate surface area is 111 Å². The number of hydrogen-bond acceptors (Lipinski definition) is 2. The van der Waals surface area contributed by atoms with E-state index < -0.39 is 12.2 Å². The van der Waals surface area contributed by atoms with Crippen molar-refractivity contribution in [2.45, 2.75) is 13.0 Å². The van der Waals surface area contributed by atoms with Crippen LogP contribution in [0.2, 0.25) is 0 Å². The van der Waals surface area contributed by atoms with Crippen molar-refractivity contribution in [3.63, 3.8) is 0 Å². The predicted molar refractivity (Wildman–Crippen MR) is 71.4 cm³/mol. The van der Waals surface area contributed by atoms with E-state index in [9.17, 15) is 9.18 Å². The van der Waals surface area contributed by atoms with Gasteiger partial charge in [0.25, 0.3) is 0 Å². The molecule has 2 aromatic carbocycles. The van der Waals surface area contributed by atoms with Gasteiger partial charge in [-0.3, -0.25) is 5.32 Å². The highest BCUT2D eigenvalue weighted by Crippen LogP contribution is 2.18. The molecule has 0 unspecified atom stereocenters. The Morgan fingerprint density at radius 1 is 1.11 bits per heavy atom. The number of para-hydroxylation sites is 1.